The molecule has 2 unspecified atom stereocenters. The minimum atomic E-state index is -4.33. The third-order valence-electron chi connectivity index (χ3n) is 4.48. The highest BCUT2D eigenvalue weighted by atomic mass is 19.4. The maximum absolute atomic E-state index is 12.6. The first-order chi connectivity index (χ1) is 12.2. The molecule has 1 fully saturated rings. The molecule has 0 aliphatic heterocycles. The SMILES string of the molecule is CC(NC(=O)/C=C1/CC1c1ccc(C(F)(F)F)cc1)c1ccc(N)cc1. The molecule has 2 aromatic rings. The standard InChI is InChI=1S/C20H19F3N2O/c1-12(13-4-8-17(24)9-5-13)25-19(26)11-15-10-18(15)14-2-6-16(7-3-14)20(21,22)23/h2-9,11-12,18H,10,24H2,1H3,(H,25,26)/b15-11-. The average Bonchev–Trinajstić information content (AvgIpc) is 3.33. The Kier molecular flexibility index (Phi) is 4.76. The fraction of sp³-hybridized carbons (Fsp3) is 0.250. The van der Waals surface area contributed by atoms with Gasteiger partial charge in [-0.2, -0.15) is 13.2 Å². The van der Waals surface area contributed by atoms with E-state index in [4.69, 9.17) is 5.73 Å². The first-order valence-electron chi connectivity index (χ1n) is 8.27. The quantitative estimate of drug-likeness (QED) is 0.619. The minimum absolute atomic E-state index is 0.0230. The van der Waals surface area contributed by atoms with Crippen molar-refractivity contribution in [3.05, 3.63) is 76.9 Å². The number of nitrogen functional groups attached to an aromatic ring is 1. The van der Waals surface area contributed by atoms with Crippen LogP contribution in [0.3, 0.4) is 0 Å². The minimum Gasteiger partial charge on any atom is -0.399 e. The number of rotatable bonds is 4. The maximum atomic E-state index is 12.6. The average molecular weight is 360 g/mol. The molecule has 0 radical (unpaired) electrons. The van der Waals surface area contributed by atoms with Crippen LogP contribution < -0.4 is 11.1 Å². The molecule has 2 atom stereocenters. The van der Waals surface area contributed by atoms with E-state index in [0.717, 1.165) is 28.8 Å². The van der Waals surface area contributed by atoms with Crippen molar-refractivity contribution in [3.8, 4) is 0 Å². The Hall–Kier alpha value is -2.76. The third-order valence-corrected chi connectivity index (χ3v) is 4.48. The van der Waals surface area contributed by atoms with E-state index < -0.39 is 11.7 Å². The van der Waals surface area contributed by atoms with Crippen molar-refractivity contribution >= 4 is 11.6 Å². The van der Waals surface area contributed by atoms with Gasteiger partial charge in [-0.1, -0.05) is 29.8 Å². The topological polar surface area (TPSA) is 55.1 Å². The van der Waals surface area contributed by atoms with Crippen LogP contribution in [-0.2, 0) is 11.0 Å². The Bertz CT molecular complexity index is 824. The summed E-state index contributed by atoms with van der Waals surface area (Å²) in [5.41, 5.74) is 8.30. The van der Waals surface area contributed by atoms with Gasteiger partial charge in [0.15, 0.2) is 0 Å². The molecule has 6 heteroatoms. The number of hydrogen-bond acceptors (Lipinski definition) is 2. The lowest BCUT2D eigenvalue weighted by atomic mass is 10.1. The molecular weight excluding hydrogens is 341 g/mol. The number of allylic oxidation sites excluding steroid dienone is 1. The lowest BCUT2D eigenvalue weighted by molar-refractivity contribution is -0.137. The lowest BCUT2D eigenvalue weighted by Gasteiger charge is -2.13. The summed E-state index contributed by atoms with van der Waals surface area (Å²) in [6, 6.07) is 12.2. The number of amides is 1. The second-order valence-corrected chi connectivity index (χ2v) is 6.49. The molecule has 3 rings (SSSR count). The Morgan fingerprint density at radius 3 is 2.35 bits per heavy atom. The number of nitrogens with two attached hydrogens (primary N) is 1. The molecule has 26 heavy (non-hydrogen) atoms. The molecule has 0 aromatic heterocycles. The highest BCUT2D eigenvalue weighted by Crippen LogP contribution is 2.47. The Morgan fingerprint density at radius 2 is 1.77 bits per heavy atom. The molecule has 136 valence electrons. The Balaban J connectivity index is 1.59. The van der Waals surface area contributed by atoms with E-state index in [2.05, 4.69) is 5.32 Å². The highest BCUT2D eigenvalue weighted by Gasteiger charge is 2.34. The van der Waals surface area contributed by atoms with E-state index in [1.165, 1.54) is 18.2 Å². The zero-order valence-corrected chi connectivity index (χ0v) is 14.2. The number of anilines is 1. The number of hydrogen-bond donors (Lipinski definition) is 2. The molecule has 0 heterocycles. The largest absolute Gasteiger partial charge is 0.416 e. The van der Waals surface area contributed by atoms with Gasteiger partial charge in [0.1, 0.15) is 0 Å². The third kappa shape index (κ3) is 4.25. The second kappa shape index (κ2) is 6.86. The summed E-state index contributed by atoms with van der Waals surface area (Å²) in [7, 11) is 0. The molecule has 0 spiro atoms. The molecule has 2 aromatic carbocycles. The van der Waals surface area contributed by atoms with Gasteiger partial charge in [0.2, 0.25) is 5.91 Å². The van der Waals surface area contributed by atoms with Crippen molar-refractivity contribution in [2.45, 2.75) is 31.5 Å². The van der Waals surface area contributed by atoms with Gasteiger partial charge in [0.25, 0.3) is 0 Å². The maximum Gasteiger partial charge on any atom is 0.416 e. The summed E-state index contributed by atoms with van der Waals surface area (Å²) < 4.78 is 37.8. The fourth-order valence-electron chi connectivity index (χ4n) is 2.86. The summed E-state index contributed by atoms with van der Waals surface area (Å²) in [5.74, 6) is -0.186. The van der Waals surface area contributed by atoms with Crippen LogP contribution in [0.2, 0.25) is 0 Å². The van der Waals surface area contributed by atoms with Gasteiger partial charge in [0, 0.05) is 17.7 Å². The van der Waals surface area contributed by atoms with Crippen molar-refractivity contribution in [2.24, 2.45) is 0 Å². The summed E-state index contributed by atoms with van der Waals surface area (Å²) >= 11 is 0. The van der Waals surface area contributed by atoms with Crippen LogP contribution in [0.4, 0.5) is 18.9 Å². The molecule has 1 saturated carbocycles. The number of alkyl halides is 3. The van der Waals surface area contributed by atoms with E-state index in [1.54, 1.807) is 12.1 Å². The lowest BCUT2D eigenvalue weighted by Crippen LogP contribution is -2.24. The first kappa shape index (κ1) is 18.0. The highest BCUT2D eigenvalue weighted by molar-refractivity contribution is 5.89. The van der Waals surface area contributed by atoms with E-state index >= 15 is 0 Å². The fourth-order valence-corrected chi connectivity index (χ4v) is 2.86. The van der Waals surface area contributed by atoms with Crippen molar-refractivity contribution in [1.29, 1.82) is 0 Å². The number of nitrogens with one attached hydrogen (secondary N) is 1. The first-order valence-corrected chi connectivity index (χ1v) is 8.27. The van der Waals surface area contributed by atoms with Gasteiger partial charge in [-0.25, -0.2) is 0 Å². The van der Waals surface area contributed by atoms with Crippen LogP contribution in [0.5, 0.6) is 0 Å². The van der Waals surface area contributed by atoms with Crippen LogP contribution in [0, 0.1) is 0 Å². The Morgan fingerprint density at radius 1 is 1.15 bits per heavy atom. The van der Waals surface area contributed by atoms with Crippen LogP contribution in [0.15, 0.2) is 60.2 Å². The van der Waals surface area contributed by atoms with E-state index in [-0.39, 0.29) is 17.9 Å². The summed E-state index contributed by atoms with van der Waals surface area (Å²) in [4.78, 5) is 12.1. The van der Waals surface area contributed by atoms with Gasteiger partial charge in [-0.15, -0.1) is 0 Å². The summed E-state index contributed by atoms with van der Waals surface area (Å²) in [6.45, 7) is 1.88. The second-order valence-electron chi connectivity index (χ2n) is 6.49. The van der Waals surface area contributed by atoms with Crippen molar-refractivity contribution in [2.75, 3.05) is 5.73 Å². The van der Waals surface area contributed by atoms with E-state index in [1.807, 2.05) is 19.1 Å². The van der Waals surface area contributed by atoms with Crippen LogP contribution in [0.25, 0.3) is 0 Å². The normalized spacial score (nSPS) is 19.2. The summed E-state index contributed by atoms with van der Waals surface area (Å²) in [5, 5.41) is 2.88. The van der Waals surface area contributed by atoms with Gasteiger partial charge in [0.05, 0.1) is 11.6 Å². The molecule has 3 N–H and O–H groups in total. The van der Waals surface area contributed by atoms with Crippen molar-refractivity contribution in [3.63, 3.8) is 0 Å². The van der Waals surface area contributed by atoms with Gasteiger partial charge >= 0.3 is 6.18 Å². The molecule has 1 amide bonds. The zero-order chi connectivity index (χ0) is 18.9. The predicted molar refractivity (Wildman–Crippen MR) is 94.3 cm³/mol. The molecule has 1 aliphatic rings. The number of carbonyl (C=O) groups is 1. The number of benzene rings is 2. The van der Waals surface area contributed by atoms with Gasteiger partial charge < -0.3 is 11.1 Å². The number of carbonyl (C=O) groups excluding carboxylic acids is 1. The van der Waals surface area contributed by atoms with Gasteiger partial charge in [-0.3, -0.25) is 4.79 Å². The monoisotopic (exact) mass is 360 g/mol. The van der Waals surface area contributed by atoms with Crippen LogP contribution in [-0.4, -0.2) is 5.91 Å². The molecule has 0 bridgehead atoms. The Labute approximate surface area is 149 Å². The molecule has 1 aliphatic carbocycles. The number of halogens is 3. The van der Waals surface area contributed by atoms with Crippen LogP contribution in [0.1, 0.15) is 42.0 Å². The van der Waals surface area contributed by atoms with Crippen LogP contribution >= 0.6 is 0 Å². The predicted octanol–water partition coefficient (Wildman–Crippen LogP) is 4.58. The molecule has 3 nitrogen and oxygen atoms in total. The zero-order valence-electron chi connectivity index (χ0n) is 14.2. The molecular formula is C20H19F3N2O. The smallest absolute Gasteiger partial charge is 0.399 e. The van der Waals surface area contributed by atoms with E-state index in [0.29, 0.717) is 12.1 Å². The van der Waals surface area contributed by atoms with Crippen molar-refractivity contribution in [1.82, 2.24) is 5.32 Å². The van der Waals surface area contributed by atoms with E-state index in [9.17, 15) is 18.0 Å². The summed E-state index contributed by atoms with van der Waals surface area (Å²) in [6.07, 6.45) is -2.11. The van der Waals surface area contributed by atoms with Crippen molar-refractivity contribution < 1.29 is 18.0 Å². The van der Waals surface area contributed by atoms with Gasteiger partial charge in [-0.05, 0) is 48.7 Å². The molecule has 0 saturated heterocycles.